The maximum atomic E-state index is 12.6. The number of methoxy groups -OCH3 is 1. The van der Waals surface area contributed by atoms with E-state index in [4.69, 9.17) is 9.47 Å². The van der Waals surface area contributed by atoms with Crippen LogP contribution in [-0.2, 0) is 37.1 Å². The number of sulfonamides is 1. The molecular formula is C22H20N2O7S3. The van der Waals surface area contributed by atoms with Gasteiger partial charge in [0.15, 0.2) is 6.61 Å². The van der Waals surface area contributed by atoms with Crippen molar-refractivity contribution in [2.75, 3.05) is 23.8 Å². The standard InChI is InChI=1S/C22H20N2O7S3/c1-30-22(27)19-14-7-4-9-16(14)33-20(19)23-17(25)12-31-21(26)13-6-2-3-8-15(13)24-34(28,29)18-10-5-11-32-18/h2-3,5-6,8,10-11,24H,4,7,9,12H2,1H3,(H,23,25). The highest BCUT2D eigenvalue weighted by molar-refractivity contribution is 7.94. The van der Waals surface area contributed by atoms with Gasteiger partial charge in [0.25, 0.3) is 15.9 Å². The molecule has 0 spiro atoms. The topological polar surface area (TPSA) is 128 Å². The Morgan fingerprint density at radius 3 is 2.59 bits per heavy atom. The highest BCUT2D eigenvalue weighted by Crippen LogP contribution is 2.39. The second-order valence-electron chi connectivity index (χ2n) is 7.26. The number of para-hydroxylation sites is 1. The zero-order valence-corrected chi connectivity index (χ0v) is 20.4. The molecule has 178 valence electrons. The summed E-state index contributed by atoms with van der Waals surface area (Å²) < 4.78 is 37.5. The first kappa shape index (κ1) is 23.9. The molecule has 2 heterocycles. The SMILES string of the molecule is COC(=O)c1c(NC(=O)COC(=O)c2ccccc2NS(=O)(=O)c2cccs2)sc2c1CCC2. The quantitative estimate of drug-likeness (QED) is 0.434. The monoisotopic (exact) mass is 520 g/mol. The van der Waals surface area contributed by atoms with Gasteiger partial charge in [0.05, 0.1) is 23.9 Å². The van der Waals surface area contributed by atoms with Crippen LogP contribution in [0.5, 0.6) is 0 Å². The first-order valence-corrected chi connectivity index (χ1v) is 13.3. The fourth-order valence-corrected chi connectivity index (χ4v) is 6.91. The van der Waals surface area contributed by atoms with Crippen LogP contribution in [0.2, 0.25) is 0 Å². The van der Waals surface area contributed by atoms with Gasteiger partial charge in [0.2, 0.25) is 0 Å². The summed E-state index contributed by atoms with van der Waals surface area (Å²) in [6.07, 6.45) is 2.50. The van der Waals surface area contributed by atoms with E-state index in [0.29, 0.717) is 10.6 Å². The van der Waals surface area contributed by atoms with E-state index in [0.717, 1.165) is 41.0 Å². The maximum absolute atomic E-state index is 12.6. The van der Waals surface area contributed by atoms with E-state index < -0.39 is 34.5 Å². The third-order valence-electron chi connectivity index (χ3n) is 5.05. The molecule has 0 saturated carbocycles. The molecule has 9 nitrogen and oxygen atoms in total. The molecular weight excluding hydrogens is 500 g/mol. The third-order valence-corrected chi connectivity index (χ3v) is 9.02. The van der Waals surface area contributed by atoms with Gasteiger partial charge in [-0.25, -0.2) is 18.0 Å². The zero-order chi connectivity index (χ0) is 24.3. The Morgan fingerprint density at radius 2 is 1.85 bits per heavy atom. The molecule has 2 N–H and O–H groups in total. The van der Waals surface area contributed by atoms with Crippen molar-refractivity contribution in [2.24, 2.45) is 0 Å². The summed E-state index contributed by atoms with van der Waals surface area (Å²) in [4.78, 5) is 38.3. The summed E-state index contributed by atoms with van der Waals surface area (Å²) in [5, 5.41) is 4.61. The predicted octanol–water partition coefficient (Wildman–Crippen LogP) is 3.68. The molecule has 12 heteroatoms. The van der Waals surface area contributed by atoms with Crippen LogP contribution in [0.4, 0.5) is 10.7 Å². The van der Waals surface area contributed by atoms with Crippen molar-refractivity contribution in [1.29, 1.82) is 0 Å². The number of anilines is 2. The number of benzene rings is 1. The minimum Gasteiger partial charge on any atom is -0.465 e. The number of hydrogen-bond donors (Lipinski definition) is 2. The van der Waals surface area contributed by atoms with Gasteiger partial charge in [-0.15, -0.1) is 22.7 Å². The van der Waals surface area contributed by atoms with E-state index in [9.17, 15) is 22.8 Å². The van der Waals surface area contributed by atoms with Gasteiger partial charge in [0, 0.05) is 4.88 Å². The van der Waals surface area contributed by atoms with Gasteiger partial charge < -0.3 is 14.8 Å². The number of thiophene rings is 2. The van der Waals surface area contributed by atoms with Crippen LogP contribution >= 0.6 is 22.7 Å². The number of amides is 1. The summed E-state index contributed by atoms with van der Waals surface area (Å²) in [7, 11) is -2.60. The lowest BCUT2D eigenvalue weighted by atomic mass is 10.1. The van der Waals surface area contributed by atoms with Crippen LogP contribution in [0.15, 0.2) is 46.0 Å². The molecule has 0 atom stereocenters. The minimum atomic E-state index is -3.87. The van der Waals surface area contributed by atoms with Crippen LogP contribution < -0.4 is 10.0 Å². The van der Waals surface area contributed by atoms with Gasteiger partial charge in [-0.3, -0.25) is 9.52 Å². The highest BCUT2D eigenvalue weighted by Gasteiger charge is 2.28. The lowest BCUT2D eigenvalue weighted by Crippen LogP contribution is -2.22. The molecule has 0 saturated heterocycles. The van der Waals surface area contributed by atoms with Gasteiger partial charge in [0.1, 0.15) is 9.21 Å². The Morgan fingerprint density at radius 1 is 1.06 bits per heavy atom. The van der Waals surface area contributed by atoms with E-state index in [1.165, 1.54) is 36.6 Å². The Kier molecular flexibility index (Phi) is 7.00. The number of fused-ring (bicyclic) bond motifs is 1. The summed E-state index contributed by atoms with van der Waals surface area (Å²) in [6.45, 7) is -0.617. The molecule has 0 radical (unpaired) electrons. The molecule has 3 aromatic rings. The summed E-state index contributed by atoms with van der Waals surface area (Å²) >= 11 is 2.35. The van der Waals surface area contributed by atoms with Crippen molar-refractivity contribution in [3.8, 4) is 0 Å². The Hall–Kier alpha value is -3.22. The van der Waals surface area contributed by atoms with E-state index in [1.807, 2.05) is 0 Å². The highest BCUT2D eigenvalue weighted by atomic mass is 32.2. The maximum Gasteiger partial charge on any atom is 0.341 e. The summed E-state index contributed by atoms with van der Waals surface area (Å²) in [6, 6.07) is 8.99. The molecule has 1 aliphatic rings. The third kappa shape index (κ3) is 4.98. The number of esters is 2. The molecule has 1 aromatic carbocycles. The minimum absolute atomic E-state index is 0.0315. The number of aryl methyl sites for hydroxylation is 1. The van der Waals surface area contributed by atoms with Crippen LogP contribution in [0, 0.1) is 0 Å². The molecule has 34 heavy (non-hydrogen) atoms. The van der Waals surface area contributed by atoms with Crippen molar-refractivity contribution in [3.63, 3.8) is 0 Å². The average molecular weight is 521 g/mol. The Labute approximate surface area is 203 Å². The molecule has 0 bridgehead atoms. The number of carbonyl (C=O) groups is 3. The number of carbonyl (C=O) groups excluding carboxylic acids is 3. The number of hydrogen-bond acceptors (Lipinski definition) is 9. The first-order chi connectivity index (χ1) is 16.3. The normalized spacial score (nSPS) is 12.6. The van der Waals surface area contributed by atoms with E-state index in [2.05, 4.69) is 10.0 Å². The second kappa shape index (κ2) is 9.95. The van der Waals surface area contributed by atoms with E-state index >= 15 is 0 Å². The lowest BCUT2D eigenvalue weighted by Gasteiger charge is -2.12. The Bertz CT molecular complexity index is 1340. The second-order valence-corrected chi connectivity index (χ2v) is 11.2. The van der Waals surface area contributed by atoms with E-state index in [1.54, 1.807) is 23.6 Å². The summed E-state index contributed by atoms with van der Waals surface area (Å²) in [5.41, 5.74) is 1.22. The van der Waals surface area contributed by atoms with Crippen molar-refractivity contribution < 1.29 is 32.3 Å². The zero-order valence-electron chi connectivity index (χ0n) is 18.0. The van der Waals surface area contributed by atoms with Crippen molar-refractivity contribution in [3.05, 3.63) is 63.3 Å². The van der Waals surface area contributed by atoms with Crippen LogP contribution in [0.3, 0.4) is 0 Å². The summed E-state index contributed by atoms with van der Waals surface area (Å²) in [5.74, 6) is -2.03. The fourth-order valence-electron chi connectivity index (χ4n) is 3.54. The molecule has 4 rings (SSSR count). The van der Waals surface area contributed by atoms with Crippen LogP contribution in [-0.4, -0.2) is 40.0 Å². The van der Waals surface area contributed by atoms with E-state index in [-0.39, 0.29) is 15.5 Å². The van der Waals surface area contributed by atoms with Crippen molar-refractivity contribution in [2.45, 2.75) is 23.5 Å². The largest absolute Gasteiger partial charge is 0.465 e. The van der Waals surface area contributed by atoms with Crippen LogP contribution in [0.25, 0.3) is 0 Å². The number of rotatable bonds is 8. The van der Waals surface area contributed by atoms with Gasteiger partial charge >= 0.3 is 11.9 Å². The van der Waals surface area contributed by atoms with Gasteiger partial charge in [-0.1, -0.05) is 18.2 Å². The van der Waals surface area contributed by atoms with Crippen molar-refractivity contribution >= 4 is 61.2 Å². The molecule has 0 unspecified atom stereocenters. The fraction of sp³-hybridized carbons (Fsp3) is 0.227. The molecule has 1 aliphatic carbocycles. The molecule has 0 fully saturated rings. The number of nitrogens with one attached hydrogen (secondary N) is 2. The van der Waals surface area contributed by atoms with Crippen LogP contribution in [0.1, 0.15) is 37.6 Å². The molecule has 1 amide bonds. The van der Waals surface area contributed by atoms with Gasteiger partial charge in [-0.05, 0) is 48.4 Å². The van der Waals surface area contributed by atoms with Crippen molar-refractivity contribution in [1.82, 2.24) is 0 Å². The molecule has 2 aromatic heterocycles. The molecule has 0 aliphatic heterocycles. The smallest absolute Gasteiger partial charge is 0.341 e. The average Bonchev–Trinajstić information content (AvgIpc) is 3.55. The Balaban J connectivity index is 1.43. The first-order valence-electron chi connectivity index (χ1n) is 10.2. The lowest BCUT2D eigenvalue weighted by molar-refractivity contribution is -0.119. The number of ether oxygens (including phenoxy) is 2. The van der Waals surface area contributed by atoms with Gasteiger partial charge in [-0.2, -0.15) is 0 Å². The predicted molar refractivity (Wildman–Crippen MR) is 128 cm³/mol.